The Kier molecular flexibility index (Phi) is 5.86. The highest BCUT2D eigenvalue weighted by atomic mass is 32.1. The average Bonchev–Trinajstić information content (AvgIpc) is 3.19. The fourth-order valence-electron chi connectivity index (χ4n) is 4.65. The van der Waals surface area contributed by atoms with Crippen molar-refractivity contribution in [2.75, 3.05) is 6.54 Å². The third kappa shape index (κ3) is 4.45. The lowest BCUT2D eigenvalue weighted by Crippen LogP contribution is -2.30. The van der Waals surface area contributed by atoms with Crippen molar-refractivity contribution in [3.05, 3.63) is 51.8 Å². The van der Waals surface area contributed by atoms with Gasteiger partial charge in [0.25, 0.3) is 0 Å². The van der Waals surface area contributed by atoms with E-state index in [1.54, 1.807) is 17.4 Å². The van der Waals surface area contributed by atoms with Crippen molar-refractivity contribution < 1.29 is 4.39 Å². The largest absolute Gasteiger partial charge is 0.347 e. The van der Waals surface area contributed by atoms with Gasteiger partial charge in [0.15, 0.2) is 0 Å². The standard InChI is InChI=1S/C24H30FN3S/c1-4-9-24(25)10-5-19(6-11-24)16-28-13-8-20-7-12-26-15-21(14-22(20)28)23-17(2)27-18(3)29-23/h4,8,13-15,19H,1,5-7,9-12,16H2,2-3H3/b21-14+,26-15+. The number of aromatic nitrogens is 2. The van der Waals surface area contributed by atoms with E-state index in [1.807, 2.05) is 6.21 Å². The van der Waals surface area contributed by atoms with Gasteiger partial charge in [-0.1, -0.05) is 6.08 Å². The molecule has 1 fully saturated rings. The monoisotopic (exact) mass is 411 g/mol. The van der Waals surface area contributed by atoms with Crippen molar-refractivity contribution in [3.8, 4) is 0 Å². The Morgan fingerprint density at radius 1 is 1.34 bits per heavy atom. The third-order valence-corrected chi connectivity index (χ3v) is 7.38. The molecule has 1 saturated carbocycles. The topological polar surface area (TPSA) is 30.2 Å². The van der Waals surface area contributed by atoms with E-state index in [-0.39, 0.29) is 0 Å². The molecule has 0 aromatic carbocycles. The predicted molar refractivity (Wildman–Crippen MR) is 122 cm³/mol. The number of nitrogens with zero attached hydrogens (tertiary/aromatic N) is 3. The summed E-state index contributed by atoms with van der Waals surface area (Å²) in [7, 11) is 0. The zero-order chi connectivity index (χ0) is 20.4. The van der Waals surface area contributed by atoms with E-state index < -0.39 is 5.67 Å². The van der Waals surface area contributed by atoms with Crippen LogP contribution in [0, 0.1) is 19.8 Å². The minimum absolute atomic E-state index is 0.484. The second kappa shape index (κ2) is 8.39. The molecule has 3 nitrogen and oxygen atoms in total. The Morgan fingerprint density at radius 3 is 2.83 bits per heavy atom. The van der Waals surface area contributed by atoms with Gasteiger partial charge in [0.05, 0.1) is 15.6 Å². The van der Waals surface area contributed by atoms with Gasteiger partial charge in [-0.2, -0.15) is 0 Å². The van der Waals surface area contributed by atoms with E-state index >= 15 is 0 Å². The van der Waals surface area contributed by atoms with Gasteiger partial charge in [-0.15, -0.1) is 17.9 Å². The highest BCUT2D eigenvalue weighted by Gasteiger charge is 2.34. The van der Waals surface area contributed by atoms with Gasteiger partial charge < -0.3 is 4.57 Å². The lowest BCUT2D eigenvalue weighted by molar-refractivity contribution is 0.0820. The second-order valence-electron chi connectivity index (χ2n) is 8.50. The van der Waals surface area contributed by atoms with Crippen LogP contribution in [0.15, 0.2) is 29.9 Å². The number of allylic oxidation sites excluding steroid dienone is 2. The molecule has 0 saturated heterocycles. The summed E-state index contributed by atoms with van der Waals surface area (Å²) < 4.78 is 17.1. The molecule has 0 amide bonds. The maximum atomic E-state index is 14.8. The van der Waals surface area contributed by atoms with Crippen LogP contribution in [-0.4, -0.2) is 28.0 Å². The quantitative estimate of drug-likeness (QED) is 0.539. The van der Waals surface area contributed by atoms with Crippen LogP contribution in [-0.2, 0) is 13.0 Å². The minimum Gasteiger partial charge on any atom is -0.347 e. The van der Waals surface area contributed by atoms with Gasteiger partial charge in [0.2, 0.25) is 0 Å². The second-order valence-corrected chi connectivity index (χ2v) is 9.70. The zero-order valence-electron chi connectivity index (χ0n) is 17.5. The molecule has 2 aromatic rings. The van der Waals surface area contributed by atoms with E-state index in [4.69, 9.17) is 0 Å². The fraction of sp³-hybridized carbons (Fsp3) is 0.500. The maximum Gasteiger partial charge on any atom is 0.114 e. The lowest BCUT2D eigenvalue weighted by atomic mass is 9.78. The number of aryl methyl sites for hydroxylation is 2. The van der Waals surface area contributed by atoms with Crippen LogP contribution >= 0.6 is 11.3 Å². The summed E-state index contributed by atoms with van der Waals surface area (Å²) in [6, 6.07) is 2.23. The number of hydrogen-bond acceptors (Lipinski definition) is 3. The Bertz CT molecular complexity index is 941. The van der Waals surface area contributed by atoms with Crippen LogP contribution in [0.1, 0.15) is 58.9 Å². The third-order valence-electron chi connectivity index (χ3n) is 6.26. The molecule has 0 atom stereocenters. The smallest absolute Gasteiger partial charge is 0.114 e. The predicted octanol–water partition coefficient (Wildman–Crippen LogP) is 6.20. The molecule has 2 aromatic heterocycles. The van der Waals surface area contributed by atoms with Crippen LogP contribution in [0.4, 0.5) is 4.39 Å². The van der Waals surface area contributed by atoms with E-state index in [0.717, 1.165) is 48.6 Å². The molecule has 5 heteroatoms. The van der Waals surface area contributed by atoms with Gasteiger partial charge in [0, 0.05) is 36.8 Å². The molecule has 0 unspecified atom stereocenters. The number of alkyl halides is 1. The summed E-state index contributed by atoms with van der Waals surface area (Å²) in [6.07, 6.45) is 12.9. The first-order valence-electron chi connectivity index (χ1n) is 10.6. The highest BCUT2D eigenvalue weighted by Crippen LogP contribution is 2.39. The fourth-order valence-corrected chi connectivity index (χ4v) is 5.55. The number of hydrogen-bond donors (Lipinski definition) is 0. The molecule has 1 aliphatic carbocycles. The minimum atomic E-state index is -1.03. The van der Waals surface area contributed by atoms with Crippen molar-refractivity contribution in [3.63, 3.8) is 0 Å². The maximum absolute atomic E-state index is 14.8. The van der Waals surface area contributed by atoms with Crippen molar-refractivity contribution in [2.24, 2.45) is 10.9 Å². The molecule has 0 spiro atoms. The summed E-state index contributed by atoms with van der Waals surface area (Å²) in [5.41, 5.74) is 3.81. The molecule has 4 rings (SSSR count). The van der Waals surface area contributed by atoms with Gasteiger partial charge >= 0.3 is 0 Å². The molecular weight excluding hydrogens is 381 g/mol. The number of fused-ring (bicyclic) bond motifs is 1. The zero-order valence-corrected chi connectivity index (χ0v) is 18.3. The summed E-state index contributed by atoms with van der Waals surface area (Å²) in [5.74, 6) is 0.531. The Hall–Kier alpha value is -2.01. The first-order valence-corrected chi connectivity index (χ1v) is 11.4. The number of rotatable bonds is 5. The van der Waals surface area contributed by atoms with Crippen LogP contribution in [0.5, 0.6) is 0 Å². The van der Waals surface area contributed by atoms with E-state index in [9.17, 15) is 4.39 Å². The summed E-state index contributed by atoms with van der Waals surface area (Å²) in [6.45, 7) is 9.61. The van der Waals surface area contributed by atoms with Gasteiger partial charge in [0.1, 0.15) is 5.67 Å². The first kappa shape index (κ1) is 20.3. The molecule has 0 radical (unpaired) electrons. The average molecular weight is 412 g/mol. The van der Waals surface area contributed by atoms with Crippen LogP contribution in [0.2, 0.25) is 0 Å². The molecule has 0 N–H and O–H groups in total. The molecule has 2 aliphatic rings. The van der Waals surface area contributed by atoms with Crippen molar-refractivity contribution in [2.45, 2.75) is 64.6 Å². The van der Waals surface area contributed by atoms with Gasteiger partial charge in [-0.25, -0.2) is 9.37 Å². The van der Waals surface area contributed by atoms with Crippen molar-refractivity contribution in [1.29, 1.82) is 0 Å². The number of aliphatic imine (C=N–C) groups is 1. The summed E-state index contributed by atoms with van der Waals surface area (Å²) in [4.78, 5) is 10.4. The SMILES string of the molecule is C=CCC1(F)CCC(Cn2ccc3c2/C=C(c2sc(C)nc2C)\C=N\CC3)CC1. The van der Waals surface area contributed by atoms with Crippen LogP contribution in [0.3, 0.4) is 0 Å². The molecular formula is C24H30FN3S. The summed E-state index contributed by atoms with van der Waals surface area (Å²) in [5, 5.41) is 1.08. The normalized spacial score (nSPS) is 27.4. The number of halogens is 1. The van der Waals surface area contributed by atoms with Gasteiger partial charge in [-0.3, -0.25) is 4.99 Å². The molecule has 154 valence electrons. The van der Waals surface area contributed by atoms with Crippen molar-refractivity contribution in [1.82, 2.24) is 9.55 Å². The molecule has 1 aliphatic heterocycles. The van der Waals surface area contributed by atoms with Gasteiger partial charge in [-0.05, 0) is 76.0 Å². The molecule has 3 heterocycles. The molecule has 29 heavy (non-hydrogen) atoms. The Labute approximate surface area is 177 Å². The van der Waals surface area contributed by atoms with Crippen molar-refractivity contribution >= 4 is 29.2 Å². The Morgan fingerprint density at radius 2 is 2.14 bits per heavy atom. The molecule has 0 bridgehead atoms. The highest BCUT2D eigenvalue weighted by molar-refractivity contribution is 7.13. The van der Waals surface area contributed by atoms with E-state index in [0.29, 0.717) is 25.2 Å². The number of thiazole rings is 1. The van der Waals surface area contributed by atoms with E-state index in [2.05, 4.69) is 53.3 Å². The van der Waals surface area contributed by atoms with Crippen LogP contribution < -0.4 is 0 Å². The van der Waals surface area contributed by atoms with Crippen LogP contribution in [0.25, 0.3) is 11.6 Å². The van der Waals surface area contributed by atoms with E-state index in [1.165, 1.54) is 16.1 Å². The Balaban J connectivity index is 1.58. The lowest BCUT2D eigenvalue weighted by Gasteiger charge is -2.33. The summed E-state index contributed by atoms with van der Waals surface area (Å²) >= 11 is 1.73. The first-order chi connectivity index (χ1) is 14.0.